The second kappa shape index (κ2) is 4.15. The molecule has 0 heterocycles. The third-order valence-electron chi connectivity index (χ3n) is 2.09. The molecule has 1 aromatic rings. The molecule has 76 valence electrons. The zero-order valence-corrected chi connectivity index (χ0v) is 7.95. The van der Waals surface area contributed by atoms with Gasteiger partial charge in [0.2, 0.25) is 0 Å². The molecular weight excluding hydrogens is 187 g/mol. The molecule has 0 unspecified atom stereocenters. The van der Waals surface area contributed by atoms with Gasteiger partial charge in [-0.3, -0.25) is 10.1 Å². The van der Waals surface area contributed by atoms with Crippen molar-refractivity contribution in [2.75, 3.05) is 7.05 Å². The number of nitro groups is 1. The highest BCUT2D eigenvalue weighted by Gasteiger charge is 2.21. The molecule has 1 N–H and O–H groups in total. The largest absolute Gasteiger partial charge is 0.313 e. The fraction of sp³-hybridized carbons (Fsp3) is 0.333. The van der Waals surface area contributed by atoms with Crippen molar-refractivity contribution in [2.45, 2.75) is 13.0 Å². The Labute approximate surface area is 80.9 Å². The Hall–Kier alpha value is -1.49. The lowest BCUT2D eigenvalue weighted by Crippen LogP contribution is -2.15. The van der Waals surface area contributed by atoms with Gasteiger partial charge in [0.25, 0.3) is 5.69 Å². The Morgan fingerprint density at radius 3 is 2.71 bits per heavy atom. The quantitative estimate of drug-likeness (QED) is 0.597. The summed E-state index contributed by atoms with van der Waals surface area (Å²) in [5.41, 5.74) is -0.0909. The zero-order chi connectivity index (χ0) is 10.7. The van der Waals surface area contributed by atoms with Gasteiger partial charge in [-0.1, -0.05) is 6.07 Å². The highest BCUT2D eigenvalue weighted by Crippen LogP contribution is 2.26. The Morgan fingerprint density at radius 1 is 1.57 bits per heavy atom. The molecule has 0 saturated heterocycles. The summed E-state index contributed by atoms with van der Waals surface area (Å²) < 4.78 is 13.3. The van der Waals surface area contributed by atoms with Crippen molar-refractivity contribution in [3.8, 4) is 0 Å². The average molecular weight is 198 g/mol. The van der Waals surface area contributed by atoms with Gasteiger partial charge < -0.3 is 5.32 Å². The van der Waals surface area contributed by atoms with Crippen LogP contribution in [-0.4, -0.2) is 12.0 Å². The van der Waals surface area contributed by atoms with E-state index < -0.39 is 10.7 Å². The molecule has 0 spiro atoms. The summed E-state index contributed by atoms with van der Waals surface area (Å²) in [7, 11) is 1.63. The second-order valence-electron chi connectivity index (χ2n) is 2.94. The Morgan fingerprint density at radius 2 is 2.21 bits per heavy atom. The molecule has 1 atom stereocenters. The van der Waals surface area contributed by atoms with Crippen LogP contribution in [0, 0.1) is 15.9 Å². The molecule has 5 heteroatoms. The molecule has 4 nitrogen and oxygen atoms in total. The van der Waals surface area contributed by atoms with Crippen molar-refractivity contribution in [1.29, 1.82) is 0 Å². The predicted octanol–water partition coefficient (Wildman–Crippen LogP) is 2.01. The molecule has 0 aromatic heterocycles. The van der Waals surface area contributed by atoms with Crippen molar-refractivity contribution in [2.24, 2.45) is 0 Å². The standard InChI is InChI=1S/C9H11FN2O2/c1-6(11-2)9-7(10)4-3-5-8(9)12(13)14/h3-6,11H,1-2H3/t6-/m1/s1. The van der Waals surface area contributed by atoms with Crippen molar-refractivity contribution < 1.29 is 9.31 Å². The number of rotatable bonds is 3. The van der Waals surface area contributed by atoms with Crippen LogP contribution in [-0.2, 0) is 0 Å². The van der Waals surface area contributed by atoms with Crippen molar-refractivity contribution >= 4 is 5.69 Å². The Balaban J connectivity index is 3.29. The van der Waals surface area contributed by atoms with E-state index in [1.54, 1.807) is 14.0 Å². The third kappa shape index (κ3) is 1.88. The highest BCUT2D eigenvalue weighted by molar-refractivity contribution is 5.42. The summed E-state index contributed by atoms with van der Waals surface area (Å²) in [6.07, 6.45) is 0. The number of hydrogen-bond acceptors (Lipinski definition) is 3. The van der Waals surface area contributed by atoms with Crippen LogP contribution in [0.25, 0.3) is 0 Å². The lowest BCUT2D eigenvalue weighted by atomic mass is 10.1. The molecule has 0 aliphatic carbocycles. The second-order valence-corrected chi connectivity index (χ2v) is 2.94. The highest BCUT2D eigenvalue weighted by atomic mass is 19.1. The summed E-state index contributed by atoms with van der Waals surface area (Å²) in [4.78, 5) is 10.0. The summed E-state index contributed by atoms with van der Waals surface area (Å²) in [6.45, 7) is 1.67. The molecule has 0 radical (unpaired) electrons. The first-order chi connectivity index (χ1) is 6.57. The predicted molar refractivity (Wildman–Crippen MR) is 50.5 cm³/mol. The fourth-order valence-corrected chi connectivity index (χ4v) is 1.26. The van der Waals surface area contributed by atoms with Crippen molar-refractivity contribution in [3.05, 3.63) is 39.7 Å². The van der Waals surface area contributed by atoms with Gasteiger partial charge in [-0.2, -0.15) is 0 Å². The van der Waals surface area contributed by atoms with Crippen molar-refractivity contribution in [3.63, 3.8) is 0 Å². The van der Waals surface area contributed by atoms with Crippen LogP contribution >= 0.6 is 0 Å². The summed E-state index contributed by atoms with van der Waals surface area (Å²) in [5.74, 6) is -0.555. The molecule has 1 aromatic carbocycles. The van der Waals surface area contributed by atoms with Gasteiger partial charge in [0.1, 0.15) is 5.82 Å². The van der Waals surface area contributed by atoms with Crippen LogP contribution in [0.1, 0.15) is 18.5 Å². The van der Waals surface area contributed by atoms with E-state index in [1.807, 2.05) is 0 Å². The molecule has 0 amide bonds. The van der Waals surface area contributed by atoms with Gasteiger partial charge in [-0.05, 0) is 20.0 Å². The number of nitrogens with one attached hydrogen (secondary N) is 1. The maximum Gasteiger partial charge on any atom is 0.277 e. The minimum Gasteiger partial charge on any atom is -0.313 e. The number of nitrogens with zero attached hydrogens (tertiary/aromatic N) is 1. The number of halogens is 1. The summed E-state index contributed by atoms with van der Waals surface area (Å²) in [5, 5.41) is 13.4. The molecule has 0 fully saturated rings. The van der Waals surface area contributed by atoms with Gasteiger partial charge in [0, 0.05) is 12.1 Å². The van der Waals surface area contributed by atoms with E-state index in [0.717, 1.165) is 0 Å². The monoisotopic (exact) mass is 198 g/mol. The van der Waals surface area contributed by atoms with Crippen LogP contribution < -0.4 is 5.32 Å². The van der Waals surface area contributed by atoms with Gasteiger partial charge in [-0.15, -0.1) is 0 Å². The Kier molecular flexibility index (Phi) is 3.14. The zero-order valence-electron chi connectivity index (χ0n) is 7.95. The molecular formula is C9H11FN2O2. The van der Waals surface area contributed by atoms with Crippen LogP contribution in [0.4, 0.5) is 10.1 Å². The summed E-state index contributed by atoms with van der Waals surface area (Å²) in [6, 6.07) is 3.47. The van der Waals surface area contributed by atoms with Gasteiger partial charge in [0.05, 0.1) is 10.5 Å². The smallest absolute Gasteiger partial charge is 0.277 e. The summed E-state index contributed by atoms with van der Waals surface area (Å²) >= 11 is 0. The fourth-order valence-electron chi connectivity index (χ4n) is 1.26. The maximum atomic E-state index is 13.3. The minimum atomic E-state index is -0.577. The van der Waals surface area contributed by atoms with Crippen LogP contribution in [0.5, 0.6) is 0 Å². The van der Waals surface area contributed by atoms with Gasteiger partial charge >= 0.3 is 0 Å². The van der Waals surface area contributed by atoms with Crippen LogP contribution in [0.15, 0.2) is 18.2 Å². The molecule has 0 saturated carbocycles. The van der Waals surface area contributed by atoms with E-state index in [4.69, 9.17) is 0 Å². The first-order valence-electron chi connectivity index (χ1n) is 4.18. The van der Waals surface area contributed by atoms with E-state index in [1.165, 1.54) is 18.2 Å². The minimum absolute atomic E-state index is 0.0972. The van der Waals surface area contributed by atoms with E-state index in [9.17, 15) is 14.5 Å². The van der Waals surface area contributed by atoms with E-state index in [0.29, 0.717) is 0 Å². The SMILES string of the molecule is CN[C@H](C)c1c(F)cccc1[N+](=O)[O-]. The van der Waals surface area contributed by atoms with Crippen LogP contribution in [0.2, 0.25) is 0 Å². The lowest BCUT2D eigenvalue weighted by Gasteiger charge is -2.11. The topological polar surface area (TPSA) is 55.2 Å². The van der Waals surface area contributed by atoms with Crippen molar-refractivity contribution in [1.82, 2.24) is 5.32 Å². The maximum absolute atomic E-state index is 13.3. The van der Waals surface area contributed by atoms with E-state index in [-0.39, 0.29) is 17.3 Å². The van der Waals surface area contributed by atoms with Gasteiger partial charge in [-0.25, -0.2) is 4.39 Å². The average Bonchev–Trinajstić information content (AvgIpc) is 2.16. The third-order valence-corrected chi connectivity index (χ3v) is 2.09. The number of hydrogen-bond donors (Lipinski definition) is 1. The first kappa shape index (κ1) is 10.6. The van der Waals surface area contributed by atoms with E-state index >= 15 is 0 Å². The van der Waals surface area contributed by atoms with Crippen LogP contribution in [0.3, 0.4) is 0 Å². The lowest BCUT2D eigenvalue weighted by molar-refractivity contribution is -0.386. The molecule has 0 bridgehead atoms. The first-order valence-corrected chi connectivity index (χ1v) is 4.18. The Bertz CT molecular complexity index is 355. The molecule has 14 heavy (non-hydrogen) atoms. The molecule has 0 aliphatic heterocycles. The van der Waals surface area contributed by atoms with Gasteiger partial charge in [0.15, 0.2) is 0 Å². The normalized spacial score (nSPS) is 12.5. The number of nitro benzene ring substituents is 1. The van der Waals surface area contributed by atoms with E-state index in [2.05, 4.69) is 5.32 Å². The molecule has 1 rings (SSSR count). The number of benzene rings is 1. The molecule has 0 aliphatic rings.